The van der Waals surface area contributed by atoms with E-state index in [9.17, 15) is 4.79 Å². The van der Waals surface area contributed by atoms with Gasteiger partial charge in [-0.15, -0.1) is 0 Å². The van der Waals surface area contributed by atoms with Gasteiger partial charge in [-0.3, -0.25) is 9.78 Å². The van der Waals surface area contributed by atoms with E-state index < -0.39 is 0 Å². The maximum absolute atomic E-state index is 12.0. The first kappa shape index (κ1) is 13.0. The summed E-state index contributed by atoms with van der Waals surface area (Å²) >= 11 is 0. The molecule has 2 aromatic rings. The van der Waals surface area contributed by atoms with E-state index in [0.29, 0.717) is 17.9 Å². The average molecular weight is 254 g/mol. The molecule has 0 fully saturated rings. The molecule has 0 amide bonds. The van der Waals surface area contributed by atoms with E-state index in [1.807, 2.05) is 26.0 Å². The van der Waals surface area contributed by atoms with E-state index >= 15 is 0 Å². The summed E-state index contributed by atoms with van der Waals surface area (Å²) < 4.78 is 1.34. The van der Waals surface area contributed by atoms with Crippen LogP contribution in [0.15, 0.2) is 35.3 Å². The molecule has 0 bridgehead atoms. The Kier molecular flexibility index (Phi) is 3.71. The van der Waals surface area contributed by atoms with Crippen molar-refractivity contribution in [1.29, 1.82) is 5.26 Å². The van der Waals surface area contributed by atoms with Crippen molar-refractivity contribution < 1.29 is 0 Å². The van der Waals surface area contributed by atoms with Crippen molar-refractivity contribution in [2.45, 2.75) is 20.4 Å². The number of pyridine rings is 1. The summed E-state index contributed by atoms with van der Waals surface area (Å²) in [6.45, 7) is 4.47. The van der Waals surface area contributed by atoms with Crippen molar-refractivity contribution in [2.24, 2.45) is 5.92 Å². The van der Waals surface area contributed by atoms with E-state index in [-0.39, 0.29) is 17.0 Å². The molecule has 0 aliphatic rings. The van der Waals surface area contributed by atoms with Crippen LogP contribution in [0.3, 0.4) is 0 Å². The normalized spacial score (nSPS) is 10.4. The molecule has 2 heterocycles. The van der Waals surface area contributed by atoms with Crippen LogP contribution in [-0.2, 0) is 6.54 Å². The number of nitrogens with zero attached hydrogens (tertiary/aromatic N) is 4. The highest BCUT2D eigenvalue weighted by Crippen LogP contribution is 2.13. The SMILES string of the molecule is CC(C)Cn1nc(-c2ccccn2)cc(C#N)c1=O. The Hall–Kier alpha value is -2.48. The maximum atomic E-state index is 12.0. The zero-order valence-corrected chi connectivity index (χ0v) is 10.9. The first-order valence-electron chi connectivity index (χ1n) is 6.05. The van der Waals surface area contributed by atoms with Crippen LogP contribution in [0.4, 0.5) is 0 Å². The summed E-state index contributed by atoms with van der Waals surface area (Å²) in [6.07, 6.45) is 1.65. The second-order valence-corrected chi connectivity index (χ2v) is 4.65. The predicted molar refractivity (Wildman–Crippen MR) is 71.3 cm³/mol. The van der Waals surface area contributed by atoms with E-state index in [4.69, 9.17) is 5.26 Å². The summed E-state index contributed by atoms with van der Waals surface area (Å²) in [5.74, 6) is 0.274. The van der Waals surface area contributed by atoms with Crippen LogP contribution in [0, 0.1) is 17.2 Å². The number of aromatic nitrogens is 3. The maximum Gasteiger partial charge on any atom is 0.284 e. The number of rotatable bonds is 3. The van der Waals surface area contributed by atoms with Gasteiger partial charge in [-0.25, -0.2) is 4.68 Å². The minimum Gasteiger partial charge on any atom is -0.266 e. The standard InChI is InChI=1S/C14H14N4O/c1-10(2)9-18-14(19)11(8-15)7-13(17-18)12-5-3-4-6-16-12/h3-7,10H,9H2,1-2H3. The molecular formula is C14H14N4O. The van der Waals surface area contributed by atoms with Crippen molar-refractivity contribution >= 4 is 0 Å². The van der Waals surface area contributed by atoms with Gasteiger partial charge in [0, 0.05) is 12.7 Å². The first-order chi connectivity index (χ1) is 9.11. The van der Waals surface area contributed by atoms with Gasteiger partial charge in [0.1, 0.15) is 17.3 Å². The van der Waals surface area contributed by atoms with Gasteiger partial charge in [-0.1, -0.05) is 19.9 Å². The molecule has 0 aliphatic carbocycles. The quantitative estimate of drug-likeness (QED) is 0.837. The van der Waals surface area contributed by atoms with Crippen LogP contribution < -0.4 is 5.56 Å². The Morgan fingerprint density at radius 3 is 2.74 bits per heavy atom. The molecule has 0 radical (unpaired) electrons. The monoisotopic (exact) mass is 254 g/mol. The number of hydrogen-bond donors (Lipinski definition) is 0. The Morgan fingerprint density at radius 1 is 1.37 bits per heavy atom. The van der Waals surface area contributed by atoms with Crippen LogP contribution in [0.5, 0.6) is 0 Å². The molecule has 19 heavy (non-hydrogen) atoms. The molecule has 0 saturated heterocycles. The average Bonchev–Trinajstić information content (AvgIpc) is 2.41. The lowest BCUT2D eigenvalue weighted by atomic mass is 10.2. The van der Waals surface area contributed by atoms with Crippen LogP contribution in [0.2, 0.25) is 0 Å². The molecular weight excluding hydrogens is 240 g/mol. The molecule has 0 atom stereocenters. The lowest BCUT2D eigenvalue weighted by Gasteiger charge is -2.09. The zero-order chi connectivity index (χ0) is 13.8. The van der Waals surface area contributed by atoms with E-state index in [2.05, 4.69) is 10.1 Å². The molecule has 0 saturated carbocycles. The smallest absolute Gasteiger partial charge is 0.266 e. The highest BCUT2D eigenvalue weighted by atomic mass is 16.1. The molecule has 5 nitrogen and oxygen atoms in total. The second-order valence-electron chi connectivity index (χ2n) is 4.65. The van der Waals surface area contributed by atoms with Gasteiger partial charge in [0.15, 0.2) is 0 Å². The summed E-state index contributed by atoms with van der Waals surface area (Å²) in [5, 5.41) is 13.3. The van der Waals surface area contributed by atoms with Gasteiger partial charge < -0.3 is 0 Å². The highest BCUT2D eigenvalue weighted by molar-refractivity contribution is 5.55. The Labute approximate surface area is 111 Å². The minimum absolute atomic E-state index is 0.0938. The van der Waals surface area contributed by atoms with Gasteiger partial charge in [-0.2, -0.15) is 10.4 Å². The van der Waals surface area contributed by atoms with E-state index in [0.717, 1.165) is 0 Å². The van der Waals surface area contributed by atoms with Crippen LogP contribution in [-0.4, -0.2) is 14.8 Å². The van der Waals surface area contributed by atoms with Crippen molar-refractivity contribution in [3.05, 3.63) is 46.4 Å². The Balaban J connectivity index is 2.58. The summed E-state index contributed by atoms with van der Waals surface area (Å²) in [6, 6.07) is 8.85. The largest absolute Gasteiger partial charge is 0.284 e. The zero-order valence-electron chi connectivity index (χ0n) is 10.9. The Bertz CT molecular complexity index is 668. The van der Waals surface area contributed by atoms with E-state index in [1.54, 1.807) is 18.3 Å². The van der Waals surface area contributed by atoms with Crippen LogP contribution >= 0.6 is 0 Å². The van der Waals surface area contributed by atoms with Crippen molar-refractivity contribution in [3.63, 3.8) is 0 Å². The molecule has 2 aromatic heterocycles. The fraction of sp³-hybridized carbons (Fsp3) is 0.286. The van der Waals surface area contributed by atoms with Crippen molar-refractivity contribution in [3.8, 4) is 17.5 Å². The fourth-order valence-electron chi connectivity index (χ4n) is 1.73. The molecule has 5 heteroatoms. The summed E-state index contributed by atoms with van der Waals surface area (Å²) in [5.41, 5.74) is 0.932. The number of hydrogen-bond acceptors (Lipinski definition) is 4. The van der Waals surface area contributed by atoms with Gasteiger partial charge in [0.25, 0.3) is 5.56 Å². The third kappa shape index (κ3) is 2.86. The Morgan fingerprint density at radius 2 is 2.16 bits per heavy atom. The van der Waals surface area contributed by atoms with Gasteiger partial charge in [-0.05, 0) is 24.1 Å². The lowest BCUT2D eigenvalue weighted by Crippen LogP contribution is -2.27. The highest BCUT2D eigenvalue weighted by Gasteiger charge is 2.11. The van der Waals surface area contributed by atoms with Gasteiger partial charge in [0.2, 0.25) is 0 Å². The predicted octanol–water partition coefficient (Wildman–Crippen LogP) is 1.83. The summed E-state index contributed by atoms with van der Waals surface area (Å²) in [7, 11) is 0. The third-order valence-electron chi connectivity index (χ3n) is 2.56. The molecule has 0 aromatic carbocycles. The lowest BCUT2D eigenvalue weighted by molar-refractivity contribution is 0.464. The van der Waals surface area contributed by atoms with Crippen LogP contribution in [0.1, 0.15) is 19.4 Å². The fourth-order valence-corrected chi connectivity index (χ4v) is 1.73. The van der Waals surface area contributed by atoms with Crippen molar-refractivity contribution in [2.75, 3.05) is 0 Å². The molecule has 0 spiro atoms. The molecule has 96 valence electrons. The molecule has 0 aliphatic heterocycles. The second kappa shape index (κ2) is 5.44. The van der Waals surface area contributed by atoms with Crippen molar-refractivity contribution in [1.82, 2.24) is 14.8 Å². The van der Waals surface area contributed by atoms with Gasteiger partial charge in [0.05, 0.1) is 5.69 Å². The topological polar surface area (TPSA) is 71.6 Å². The third-order valence-corrected chi connectivity index (χ3v) is 2.56. The molecule has 0 N–H and O–H groups in total. The number of nitriles is 1. The molecule has 0 unspecified atom stereocenters. The van der Waals surface area contributed by atoms with Gasteiger partial charge >= 0.3 is 0 Å². The van der Waals surface area contributed by atoms with Crippen LogP contribution in [0.25, 0.3) is 11.4 Å². The summed E-state index contributed by atoms with van der Waals surface area (Å²) in [4.78, 5) is 16.2. The first-order valence-corrected chi connectivity index (χ1v) is 6.05. The van der Waals surface area contributed by atoms with E-state index in [1.165, 1.54) is 10.7 Å². The molecule has 2 rings (SSSR count). The minimum atomic E-state index is -0.351.